The van der Waals surface area contributed by atoms with Gasteiger partial charge in [-0.1, -0.05) is 19.1 Å². The smallest absolute Gasteiger partial charge is 0.342 e. The maximum atomic E-state index is 13.3. The number of fused-ring (bicyclic) bond motifs is 1. The highest BCUT2D eigenvalue weighted by atomic mass is 16.7. The third-order valence-corrected chi connectivity index (χ3v) is 8.58. The maximum Gasteiger partial charge on any atom is 0.342 e. The van der Waals surface area contributed by atoms with Crippen LogP contribution in [0.2, 0.25) is 0 Å². The third-order valence-electron chi connectivity index (χ3n) is 8.58. The molecule has 8 nitrogen and oxygen atoms in total. The molecule has 3 N–H and O–H groups in total. The van der Waals surface area contributed by atoms with Crippen molar-refractivity contribution in [1.82, 2.24) is 0 Å². The number of ether oxygens (including phenoxy) is 4. The Balaban J connectivity index is 1.72. The molecule has 0 radical (unpaired) electrons. The highest BCUT2D eigenvalue weighted by Crippen LogP contribution is 2.83. The van der Waals surface area contributed by atoms with E-state index in [1.807, 2.05) is 6.92 Å². The average molecular weight is 380 g/mol. The van der Waals surface area contributed by atoms with Crippen molar-refractivity contribution in [2.24, 2.45) is 22.7 Å². The van der Waals surface area contributed by atoms with Crippen molar-refractivity contribution in [3.05, 3.63) is 12.2 Å². The van der Waals surface area contributed by atoms with E-state index in [9.17, 15) is 20.1 Å². The number of carbonyl (C=O) groups is 1. The van der Waals surface area contributed by atoms with Crippen molar-refractivity contribution in [2.75, 3.05) is 13.2 Å². The SMILES string of the molecule is C=C(C)[C@@H]1[C@@H](O)C2OC(=O)C34OC5OCCC51C23[C@@H](O)C1OC[C@@H](C)[C@@]14O. The molecular formula is C19H24O8. The van der Waals surface area contributed by atoms with Gasteiger partial charge >= 0.3 is 5.97 Å². The Labute approximate surface area is 156 Å². The quantitative estimate of drug-likeness (QED) is 0.396. The summed E-state index contributed by atoms with van der Waals surface area (Å²) >= 11 is 0. The summed E-state index contributed by atoms with van der Waals surface area (Å²) < 4.78 is 23.6. The predicted molar refractivity (Wildman–Crippen MR) is 87.1 cm³/mol. The highest BCUT2D eigenvalue weighted by molar-refractivity contribution is 5.89. The molecule has 0 amide bonds. The molecule has 0 aromatic rings. The summed E-state index contributed by atoms with van der Waals surface area (Å²) in [6, 6.07) is 0. The summed E-state index contributed by atoms with van der Waals surface area (Å²) in [5, 5.41) is 34.6. The largest absolute Gasteiger partial charge is 0.456 e. The summed E-state index contributed by atoms with van der Waals surface area (Å²) in [6.45, 7) is 8.21. The zero-order valence-electron chi connectivity index (χ0n) is 15.3. The van der Waals surface area contributed by atoms with Gasteiger partial charge in [0.05, 0.1) is 30.8 Å². The van der Waals surface area contributed by atoms with E-state index in [0.29, 0.717) is 18.6 Å². The fraction of sp³-hybridized carbons (Fsp3) is 0.842. The molecule has 2 spiro atoms. The second-order valence-corrected chi connectivity index (χ2v) is 9.23. The van der Waals surface area contributed by atoms with E-state index < -0.39 is 70.5 Å². The van der Waals surface area contributed by atoms with E-state index in [0.717, 1.165) is 0 Å². The van der Waals surface area contributed by atoms with Crippen LogP contribution in [0.1, 0.15) is 20.3 Å². The Kier molecular flexibility index (Phi) is 2.76. The first-order valence-corrected chi connectivity index (χ1v) is 9.59. The van der Waals surface area contributed by atoms with Crippen LogP contribution in [0.4, 0.5) is 0 Å². The van der Waals surface area contributed by atoms with Crippen molar-refractivity contribution in [2.45, 2.75) is 62.2 Å². The highest BCUT2D eigenvalue weighted by Gasteiger charge is 3.01. The Morgan fingerprint density at radius 2 is 2.00 bits per heavy atom. The second kappa shape index (κ2) is 4.42. The van der Waals surface area contributed by atoms with Crippen LogP contribution in [-0.2, 0) is 23.7 Å². The monoisotopic (exact) mass is 380 g/mol. The molecule has 4 saturated heterocycles. The van der Waals surface area contributed by atoms with Crippen LogP contribution in [0.3, 0.4) is 0 Å². The number of hydrogen-bond acceptors (Lipinski definition) is 8. The summed E-state index contributed by atoms with van der Waals surface area (Å²) in [6.07, 6.45) is -4.67. The van der Waals surface area contributed by atoms with E-state index in [-0.39, 0.29) is 6.61 Å². The summed E-state index contributed by atoms with van der Waals surface area (Å²) in [5.74, 6) is -1.69. The lowest BCUT2D eigenvalue weighted by atomic mass is 9.54. The van der Waals surface area contributed by atoms with E-state index in [1.54, 1.807) is 6.92 Å². The van der Waals surface area contributed by atoms with Crippen LogP contribution in [0.5, 0.6) is 0 Å². The summed E-state index contributed by atoms with van der Waals surface area (Å²) in [4.78, 5) is 13.3. The van der Waals surface area contributed by atoms with Crippen molar-refractivity contribution in [1.29, 1.82) is 0 Å². The Morgan fingerprint density at radius 1 is 1.26 bits per heavy atom. The molecule has 148 valence electrons. The van der Waals surface area contributed by atoms with E-state index in [4.69, 9.17) is 18.9 Å². The number of rotatable bonds is 1. The van der Waals surface area contributed by atoms with Crippen LogP contribution in [0.25, 0.3) is 0 Å². The fourth-order valence-corrected chi connectivity index (χ4v) is 7.95. The molecule has 27 heavy (non-hydrogen) atoms. The van der Waals surface area contributed by atoms with Crippen LogP contribution in [-0.4, -0.2) is 76.4 Å². The predicted octanol–water partition coefficient (Wildman–Crippen LogP) is -0.893. The first kappa shape index (κ1) is 16.9. The van der Waals surface area contributed by atoms with Crippen LogP contribution < -0.4 is 0 Å². The van der Waals surface area contributed by atoms with E-state index in [1.165, 1.54) is 0 Å². The standard InChI is InChI=1S/C19H24O8/c1-7(2)9-10(20)12-17-11(21)13-18(23,8(3)6-25-13)19(17,14(22)26-12)27-15-16(9,17)4-5-24-15/h8-13,15,20-21,23H,1,4-6H2,2-3H3/t8-,9-,10-,11+,12?,13?,15?,16?,17?,18-,19?/m1/s1. The molecule has 0 aromatic heterocycles. The number of hydrogen-bond donors (Lipinski definition) is 3. The van der Waals surface area contributed by atoms with Gasteiger partial charge in [-0.15, -0.1) is 0 Å². The maximum absolute atomic E-state index is 13.3. The van der Waals surface area contributed by atoms with Crippen molar-refractivity contribution >= 4 is 5.97 Å². The van der Waals surface area contributed by atoms with Crippen LogP contribution in [0.15, 0.2) is 12.2 Å². The lowest BCUT2D eigenvalue weighted by Gasteiger charge is -2.44. The van der Waals surface area contributed by atoms with Gasteiger partial charge in [-0.2, -0.15) is 0 Å². The molecule has 4 aliphatic heterocycles. The Hall–Kier alpha value is -1.03. The minimum absolute atomic E-state index is 0.197. The van der Waals surface area contributed by atoms with Gasteiger partial charge in [0, 0.05) is 17.3 Å². The van der Waals surface area contributed by atoms with Crippen molar-refractivity contribution in [3.63, 3.8) is 0 Å². The summed E-state index contributed by atoms with van der Waals surface area (Å²) in [5.41, 5.74) is -5.15. The van der Waals surface area contributed by atoms with Gasteiger partial charge in [-0.05, 0) is 13.3 Å². The molecule has 6 rings (SSSR count). The molecule has 6 unspecified atom stereocenters. The Morgan fingerprint density at radius 3 is 2.70 bits per heavy atom. The molecule has 0 bridgehead atoms. The normalized spacial score (nSPS) is 65.1. The lowest BCUT2D eigenvalue weighted by molar-refractivity contribution is -0.239. The van der Waals surface area contributed by atoms with Gasteiger partial charge in [0.1, 0.15) is 17.8 Å². The van der Waals surface area contributed by atoms with Gasteiger partial charge in [-0.3, -0.25) is 0 Å². The Bertz CT molecular complexity index is 784. The summed E-state index contributed by atoms with van der Waals surface area (Å²) in [7, 11) is 0. The van der Waals surface area contributed by atoms with Crippen LogP contribution >= 0.6 is 0 Å². The molecule has 6 fully saturated rings. The van der Waals surface area contributed by atoms with Crippen molar-refractivity contribution in [3.8, 4) is 0 Å². The number of esters is 1. The number of aliphatic hydroxyl groups is 3. The first-order valence-electron chi connectivity index (χ1n) is 9.59. The van der Waals surface area contributed by atoms with E-state index >= 15 is 0 Å². The van der Waals surface area contributed by atoms with Gasteiger partial charge in [0.15, 0.2) is 6.29 Å². The van der Waals surface area contributed by atoms with Gasteiger partial charge in [0.25, 0.3) is 0 Å². The zero-order chi connectivity index (χ0) is 19.1. The van der Waals surface area contributed by atoms with Gasteiger partial charge in [-0.25, -0.2) is 4.79 Å². The van der Waals surface area contributed by atoms with E-state index in [2.05, 4.69) is 6.58 Å². The zero-order valence-corrected chi connectivity index (χ0v) is 15.3. The van der Waals surface area contributed by atoms with Gasteiger partial charge in [0.2, 0.25) is 5.60 Å². The minimum atomic E-state index is -1.83. The average Bonchev–Trinajstić information content (AvgIpc) is 3.32. The molecule has 11 atom stereocenters. The molecule has 4 heterocycles. The molecule has 2 aliphatic carbocycles. The number of carbonyl (C=O) groups excluding carboxylic acids is 1. The molecular weight excluding hydrogens is 356 g/mol. The minimum Gasteiger partial charge on any atom is -0.456 e. The topological polar surface area (TPSA) is 115 Å². The fourth-order valence-electron chi connectivity index (χ4n) is 7.95. The molecule has 0 aromatic carbocycles. The second-order valence-electron chi connectivity index (χ2n) is 9.23. The van der Waals surface area contributed by atoms with Crippen molar-refractivity contribution < 1.29 is 39.1 Å². The molecule has 8 heteroatoms. The first-order chi connectivity index (χ1) is 12.7. The molecule has 6 aliphatic rings. The number of aliphatic hydroxyl groups excluding tert-OH is 2. The third kappa shape index (κ3) is 1.20. The van der Waals surface area contributed by atoms with Crippen LogP contribution in [0, 0.1) is 22.7 Å². The van der Waals surface area contributed by atoms with Gasteiger partial charge < -0.3 is 34.3 Å². The lowest BCUT2D eigenvalue weighted by Crippen LogP contribution is -2.65. The molecule has 2 saturated carbocycles.